The van der Waals surface area contributed by atoms with Crippen molar-refractivity contribution in [3.8, 4) is 0 Å². The molecule has 0 heterocycles. The lowest BCUT2D eigenvalue weighted by Gasteiger charge is -2.11. The van der Waals surface area contributed by atoms with Crippen LogP contribution in [0.5, 0.6) is 0 Å². The van der Waals surface area contributed by atoms with Crippen molar-refractivity contribution < 1.29 is 13.3 Å². The Hall–Kier alpha value is -0.560. The molecule has 0 radical (unpaired) electrons. The third-order valence-electron chi connectivity index (χ3n) is 2.07. The van der Waals surface area contributed by atoms with E-state index in [1.54, 1.807) is 12.1 Å². The third-order valence-corrected chi connectivity index (χ3v) is 4.23. The number of hydrogen-bond acceptors (Lipinski definition) is 5. The van der Waals surface area contributed by atoms with E-state index in [-0.39, 0.29) is 0 Å². The van der Waals surface area contributed by atoms with Crippen molar-refractivity contribution in [2.24, 2.45) is 0 Å². The van der Waals surface area contributed by atoms with Crippen molar-refractivity contribution in [1.82, 2.24) is 5.48 Å². The second-order valence-corrected chi connectivity index (χ2v) is 6.05. The maximum atomic E-state index is 11.6. The van der Waals surface area contributed by atoms with Crippen molar-refractivity contribution in [2.45, 2.75) is 16.3 Å². The molecular formula is C10H15NO3S2. The molecule has 0 unspecified atom stereocenters. The van der Waals surface area contributed by atoms with Crippen molar-refractivity contribution in [1.29, 1.82) is 0 Å². The van der Waals surface area contributed by atoms with Gasteiger partial charge in [0.25, 0.3) is 0 Å². The van der Waals surface area contributed by atoms with Crippen LogP contribution in [0, 0.1) is 0 Å². The number of rotatable bonds is 5. The number of hydroxylamine groups is 1. The van der Waals surface area contributed by atoms with Crippen molar-refractivity contribution in [3.63, 3.8) is 0 Å². The summed E-state index contributed by atoms with van der Waals surface area (Å²) in [5, 5.41) is 0. The topological polar surface area (TPSA) is 55.4 Å². The summed E-state index contributed by atoms with van der Waals surface area (Å²) in [7, 11) is -1.66. The number of hydrogen-bond donors (Lipinski definition) is 1. The third kappa shape index (κ3) is 3.21. The molecule has 0 aliphatic rings. The minimum atomic E-state index is -3.18. The molecule has 1 aromatic carbocycles. The van der Waals surface area contributed by atoms with Gasteiger partial charge in [-0.2, -0.15) is 5.48 Å². The molecule has 1 aromatic rings. The van der Waals surface area contributed by atoms with Gasteiger partial charge in [0.05, 0.1) is 12.0 Å². The molecule has 0 aliphatic heterocycles. The quantitative estimate of drug-likeness (QED) is 0.642. The molecule has 6 heteroatoms. The molecule has 90 valence electrons. The van der Waals surface area contributed by atoms with Crippen LogP contribution in [-0.4, -0.2) is 28.0 Å². The average Bonchev–Trinajstić information content (AvgIpc) is 2.24. The summed E-state index contributed by atoms with van der Waals surface area (Å²) in [6.07, 6.45) is 3.08. The van der Waals surface area contributed by atoms with Gasteiger partial charge in [-0.05, 0) is 17.9 Å². The highest BCUT2D eigenvalue weighted by Crippen LogP contribution is 2.28. The van der Waals surface area contributed by atoms with Crippen LogP contribution in [0.25, 0.3) is 0 Å². The molecule has 0 bridgehead atoms. The SMILES string of the molecule is CONCc1cccc(S(C)(=O)=O)c1SC. The van der Waals surface area contributed by atoms with Crippen molar-refractivity contribution in [2.75, 3.05) is 19.6 Å². The van der Waals surface area contributed by atoms with E-state index in [1.165, 1.54) is 25.1 Å². The fourth-order valence-electron chi connectivity index (χ4n) is 1.37. The Balaban J connectivity index is 3.21. The van der Waals surface area contributed by atoms with Gasteiger partial charge in [0.1, 0.15) is 0 Å². The number of sulfone groups is 1. The summed E-state index contributed by atoms with van der Waals surface area (Å²) >= 11 is 1.42. The molecule has 0 saturated heterocycles. The normalized spacial score (nSPS) is 11.7. The molecule has 0 aromatic heterocycles. The van der Waals surface area contributed by atoms with E-state index in [0.717, 1.165) is 10.5 Å². The van der Waals surface area contributed by atoms with E-state index in [9.17, 15) is 8.42 Å². The van der Waals surface area contributed by atoms with Crippen LogP contribution in [0.3, 0.4) is 0 Å². The predicted octanol–water partition coefficient (Wildman–Crippen LogP) is 1.46. The van der Waals surface area contributed by atoms with E-state index < -0.39 is 9.84 Å². The Bertz CT molecular complexity index is 457. The minimum absolute atomic E-state index is 0.371. The van der Waals surface area contributed by atoms with Gasteiger partial charge in [0.15, 0.2) is 9.84 Å². The first-order chi connectivity index (χ1) is 7.50. The highest BCUT2D eigenvalue weighted by Gasteiger charge is 2.15. The Kier molecular flexibility index (Phi) is 4.79. The van der Waals surface area contributed by atoms with Crippen LogP contribution in [0.2, 0.25) is 0 Å². The zero-order chi connectivity index (χ0) is 12.2. The monoisotopic (exact) mass is 261 g/mol. The van der Waals surface area contributed by atoms with E-state index in [1.807, 2.05) is 12.3 Å². The summed E-state index contributed by atoms with van der Waals surface area (Å²) in [6.45, 7) is 0.482. The Morgan fingerprint density at radius 3 is 2.62 bits per heavy atom. The van der Waals surface area contributed by atoms with Crippen LogP contribution in [0.1, 0.15) is 5.56 Å². The second-order valence-electron chi connectivity index (χ2n) is 3.25. The molecule has 0 amide bonds. The van der Waals surface area contributed by atoms with Gasteiger partial charge >= 0.3 is 0 Å². The van der Waals surface area contributed by atoms with Crippen LogP contribution in [-0.2, 0) is 21.2 Å². The number of nitrogens with one attached hydrogen (secondary N) is 1. The Labute approximate surface area is 100 Å². The molecule has 0 spiro atoms. The Morgan fingerprint density at radius 2 is 2.12 bits per heavy atom. The molecule has 0 saturated carbocycles. The molecule has 0 fully saturated rings. The minimum Gasteiger partial charge on any atom is -0.305 e. The van der Waals surface area contributed by atoms with Gasteiger partial charge in [0, 0.05) is 17.7 Å². The van der Waals surface area contributed by atoms with Gasteiger partial charge in [0.2, 0.25) is 0 Å². The standard InChI is InChI=1S/C10H15NO3S2/c1-14-11-7-8-5-4-6-9(10(8)15-2)16(3,12)13/h4-6,11H,7H2,1-3H3. The zero-order valence-corrected chi connectivity index (χ0v) is 11.1. The first kappa shape index (κ1) is 13.5. The molecular weight excluding hydrogens is 246 g/mol. The van der Waals surface area contributed by atoms with Crippen LogP contribution >= 0.6 is 11.8 Å². The first-order valence-electron chi connectivity index (χ1n) is 4.62. The summed E-state index contributed by atoms with van der Waals surface area (Å²) in [5.41, 5.74) is 3.62. The van der Waals surface area contributed by atoms with Crippen LogP contribution < -0.4 is 5.48 Å². The van der Waals surface area contributed by atoms with E-state index >= 15 is 0 Å². The van der Waals surface area contributed by atoms with E-state index in [0.29, 0.717) is 11.4 Å². The lowest BCUT2D eigenvalue weighted by molar-refractivity contribution is 0.0861. The fourth-order valence-corrected chi connectivity index (χ4v) is 3.54. The van der Waals surface area contributed by atoms with Gasteiger partial charge in [-0.1, -0.05) is 12.1 Å². The first-order valence-corrected chi connectivity index (χ1v) is 7.74. The molecule has 1 N–H and O–H groups in total. The highest BCUT2D eigenvalue weighted by atomic mass is 32.2. The summed E-state index contributed by atoms with van der Waals surface area (Å²) in [6, 6.07) is 5.24. The van der Waals surface area contributed by atoms with Crippen molar-refractivity contribution in [3.05, 3.63) is 23.8 Å². The smallest absolute Gasteiger partial charge is 0.176 e. The van der Waals surface area contributed by atoms with Gasteiger partial charge in [-0.15, -0.1) is 11.8 Å². The molecule has 16 heavy (non-hydrogen) atoms. The summed E-state index contributed by atoms with van der Waals surface area (Å²) < 4.78 is 23.1. The van der Waals surface area contributed by atoms with Crippen LogP contribution in [0.15, 0.2) is 28.0 Å². The van der Waals surface area contributed by atoms with E-state index in [4.69, 9.17) is 4.84 Å². The lowest BCUT2D eigenvalue weighted by Crippen LogP contribution is -2.12. The maximum absolute atomic E-state index is 11.6. The van der Waals surface area contributed by atoms with Crippen molar-refractivity contribution >= 4 is 21.6 Å². The van der Waals surface area contributed by atoms with Gasteiger partial charge in [-0.25, -0.2) is 8.42 Å². The van der Waals surface area contributed by atoms with Gasteiger partial charge in [-0.3, -0.25) is 0 Å². The highest BCUT2D eigenvalue weighted by molar-refractivity contribution is 7.99. The summed E-state index contributed by atoms with van der Waals surface area (Å²) in [4.78, 5) is 5.91. The largest absolute Gasteiger partial charge is 0.305 e. The zero-order valence-electron chi connectivity index (χ0n) is 9.48. The van der Waals surface area contributed by atoms with Crippen LogP contribution in [0.4, 0.5) is 0 Å². The molecule has 0 atom stereocenters. The number of benzene rings is 1. The molecule has 1 rings (SSSR count). The number of thioether (sulfide) groups is 1. The predicted molar refractivity (Wildman–Crippen MR) is 65.2 cm³/mol. The summed E-state index contributed by atoms with van der Waals surface area (Å²) in [5.74, 6) is 0. The maximum Gasteiger partial charge on any atom is 0.176 e. The van der Waals surface area contributed by atoms with Gasteiger partial charge < -0.3 is 4.84 Å². The molecule has 4 nitrogen and oxygen atoms in total. The van der Waals surface area contributed by atoms with E-state index in [2.05, 4.69) is 5.48 Å². The second kappa shape index (κ2) is 5.67. The molecule has 0 aliphatic carbocycles. The Morgan fingerprint density at radius 1 is 1.44 bits per heavy atom. The lowest BCUT2D eigenvalue weighted by atomic mass is 10.2. The average molecular weight is 261 g/mol. The fraction of sp³-hybridized carbons (Fsp3) is 0.400.